The molecule has 0 aromatic carbocycles. The van der Waals surface area contributed by atoms with Crippen LogP contribution in [0.5, 0.6) is 0 Å². The van der Waals surface area contributed by atoms with E-state index >= 15 is 0 Å². The highest BCUT2D eigenvalue weighted by atomic mass is 16.3. The highest BCUT2D eigenvalue weighted by Gasteiger charge is 2.53. The van der Waals surface area contributed by atoms with Crippen LogP contribution in [0.25, 0.3) is 0 Å². The number of rotatable bonds is 6. The Morgan fingerprint density at radius 2 is 0.833 bits per heavy atom. The van der Waals surface area contributed by atoms with Crippen molar-refractivity contribution < 1.29 is 20.4 Å². The molecule has 0 spiro atoms. The van der Waals surface area contributed by atoms with Gasteiger partial charge in [0.15, 0.2) is 0 Å². The Morgan fingerprint density at radius 1 is 0.429 bits per heavy atom. The Bertz CT molecular complexity index is 792. The molecule has 5 aliphatic rings. The minimum absolute atomic E-state index is 0.161. The summed E-state index contributed by atoms with van der Waals surface area (Å²) in [5.74, 6) is 5.88. The van der Waals surface area contributed by atoms with Gasteiger partial charge in [-0.05, 0) is 153 Å². The molecule has 5 fully saturated rings. The van der Waals surface area contributed by atoms with Crippen LogP contribution in [-0.2, 0) is 0 Å². The lowest BCUT2D eigenvalue weighted by molar-refractivity contribution is -0.111. The van der Waals surface area contributed by atoms with Crippen LogP contribution in [0, 0.1) is 76.4 Å². The van der Waals surface area contributed by atoms with E-state index in [1.807, 2.05) is 0 Å². The van der Waals surface area contributed by atoms with Gasteiger partial charge in [-0.15, -0.1) is 0 Å². The zero-order valence-electron chi connectivity index (χ0n) is 28.1. The van der Waals surface area contributed by atoms with Gasteiger partial charge in [-0.2, -0.15) is 0 Å². The van der Waals surface area contributed by atoms with Crippen molar-refractivity contribution in [3.63, 3.8) is 0 Å². The first-order valence-electron chi connectivity index (χ1n) is 18.6. The SMILES string of the molecule is CC1CC(CC2CC(C3(C4CC(C)C(O)C(CC5CC(C)C(O)CC5C)C4)CCCCC3)CC(C)C2O)C(C)CC1O. The average molecular weight is 589 g/mol. The first kappa shape index (κ1) is 33.2. The van der Waals surface area contributed by atoms with Crippen LogP contribution in [0.3, 0.4) is 0 Å². The van der Waals surface area contributed by atoms with Gasteiger partial charge in [-0.3, -0.25) is 0 Å². The molecule has 0 heterocycles. The van der Waals surface area contributed by atoms with Crippen molar-refractivity contribution in [2.24, 2.45) is 76.4 Å². The van der Waals surface area contributed by atoms with Crippen LogP contribution < -0.4 is 0 Å². The normalized spacial score (nSPS) is 52.1. The Kier molecular flexibility index (Phi) is 10.8. The van der Waals surface area contributed by atoms with Crippen LogP contribution in [0.2, 0.25) is 0 Å². The van der Waals surface area contributed by atoms with Gasteiger partial charge < -0.3 is 20.4 Å². The predicted octanol–water partition coefficient (Wildman–Crippen LogP) is 7.85. The molecule has 4 N–H and O–H groups in total. The summed E-state index contributed by atoms with van der Waals surface area (Å²) in [5, 5.41) is 44.1. The summed E-state index contributed by atoms with van der Waals surface area (Å²) in [6, 6.07) is 0. The second-order valence-corrected chi connectivity index (χ2v) is 17.6. The smallest absolute Gasteiger partial charge is 0.0594 e. The lowest BCUT2D eigenvalue weighted by Crippen LogP contribution is -2.51. The Hall–Kier alpha value is -0.160. The van der Waals surface area contributed by atoms with Crippen molar-refractivity contribution in [3.05, 3.63) is 0 Å². The van der Waals surface area contributed by atoms with E-state index in [0.29, 0.717) is 76.4 Å². The lowest BCUT2D eigenvalue weighted by atomic mass is 9.49. The van der Waals surface area contributed by atoms with Gasteiger partial charge in [0.2, 0.25) is 0 Å². The van der Waals surface area contributed by atoms with Crippen LogP contribution >= 0.6 is 0 Å². The molecule has 0 radical (unpaired) electrons. The molecule has 16 unspecified atom stereocenters. The second-order valence-electron chi connectivity index (χ2n) is 17.6. The summed E-state index contributed by atoms with van der Waals surface area (Å²) in [5.41, 5.74) is 0.362. The number of aliphatic hydroxyl groups excluding tert-OH is 4. The maximum Gasteiger partial charge on any atom is 0.0594 e. The Labute approximate surface area is 258 Å². The first-order valence-corrected chi connectivity index (χ1v) is 18.6. The molecule has 16 atom stereocenters. The highest BCUT2D eigenvalue weighted by Crippen LogP contribution is 2.60. The van der Waals surface area contributed by atoms with Crippen molar-refractivity contribution in [3.8, 4) is 0 Å². The molecule has 0 bridgehead atoms. The molecule has 5 aliphatic carbocycles. The molecule has 42 heavy (non-hydrogen) atoms. The molecule has 0 aromatic rings. The predicted molar refractivity (Wildman–Crippen MR) is 172 cm³/mol. The molecular weight excluding hydrogens is 520 g/mol. The van der Waals surface area contributed by atoms with Crippen LogP contribution in [0.4, 0.5) is 0 Å². The summed E-state index contributed by atoms with van der Waals surface area (Å²) >= 11 is 0. The molecule has 0 saturated heterocycles. The monoisotopic (exact) mass is 589 g/mol. The van der Waals surface area contributed by atoms with E-state index in [-0.39, 0.29) is 24.4 Å². The van der Waals surface area contributed by atoms with Crippen molar-refractivity contribution in [1.82, 2.24) is 0 Å². The van der Waals surface area contributed by atoms with E-state index in [1.165, 1.54) is 57.8 Å². The van der Waals surface area contributed by atoms with Crippen LogP contribution in [0.15, 0.2) is 0 Å². The van der Waals surface area contributed by atoms with Crippen LogP contribution in [-0.4, -0.2) is 44.8 Å². The topological polar surface area (TPSA) is 80.9 Å². The summed E-state index contributed by atoms with van der Waals surface area (Å²) in [4.78, 5) is 0. The van der Waals surface area contributed by atoms with E-state index in [2.05, 4.69) is 41.5 Å². The third-order valence-electron chi connectivity index (χ3n) is 14.7. The van der Waals surface area contributed by atoms with E-state index in [0.717, 1.165) is 38.5 Å². The number of aliphatic hydroxyl groups is 4. The van der Waals surface area contributed by atoms with Crippen molar-refractivity contribution in [2.45, 2.75) is 162 Å². The number of hydrogen-bond acceptors (Lipinski definition) is 4. The molecule has 5 saturated carbocycles. The van der Waals surface area contributed by atoms with Crippen molar-refractivity contribution in [1.29, 1.82) is 0 Å². The molecule has 5 rings (SSSR count). The van der Waals surface area contributed by atoms with Gasteiger partial charge in [0, 0.05) is 0 Å². The standard InChI is InChI=1S/C38H68O4/c1-22-16-34(39)24(3)12-28(22)18-30-20-32(14-26(5)36(30)41)38(10-8-7-9-11-38)33-15-27(6)37(42)31(21-33)19-29-13-25(4)35(40)17-23(29)2/h22-37,39-42H,7-21H2,1-6H3. The van der Waals surface area contributed by atoms with E-state index in [9.17, 15) is 20.4 Å². The van der Waals surface area contributed by atoms with E-state index in [1.54, 1.807) is 0 Å². The fourth-order valence-corrected chi connectivity index (χ4v) is 11.9. The summed E-state index contributed by atoms with van der Waals surface area (Å²) in [6.07, 6.45) is 17.0. The van der Waals surface area contributed by atoms with Gasteiger partial charge in [0.1, 0.15) is 0 Å². The van der Waals surface area contributed by atoms with Gasteiger partial charge in [0.05, 0.1) is 24.4 Å². The maximum absolute atomic E-state index is 11.5. The molecule has 0 aliphatic heterocycles. The van der Waals surface area contributed by atoms with Gasteiger partial charge in [-0.1, -0.05) is 60.8 Å². The van der Waals surface area contributed by atoms with Gasteiger partial charge in [-0.25, -0.2) is 0 Å². The van der Waals surface area contributed by atoms with Gasteiger partial charge in [0.25, 0.3) is 0 Å². The van der Waals surface area contributed by atoms with Crippen molar-refractivity contribution >= 4 is 0 Å². The third-order valence-corrected chi connectivity index (χ3v) is 14.7. The zero-order valence-corrected chi connectivity index (χ0v) is 28.1. The first-order chi connectivity index (χ1) is 19.9. The molecule has 4 heteroatoms. The summed E-state index contributed by atoms with van der Waals surface area (Å²) in [7, 11) is 0. The third kappa shape index (κ3) is 6.82. The molecule has 244 valence electrons. The Balaban J connectivity index is 1.34. The number of hydrogen-bond donors (Lipinski definition) is 4. The molecule has 4 nitrogen and oxygen atoms in total. The summed E-state index contributed by atoms with van der Waals surface area (Å²) < 4.78 is 0. The van der Waals surface area contributed by atoms with Crippen molar-refractivity contribution in [2.75, 3.05) is 0 Å². The van der Waals surface area contributed by atoms with E-state index < -0.39 is 0 Å². The van der Waals surface area contributed by atoms with Crippen LogP contribution in [0.1, 0.15) is 138 Å². The zero-order chi connectivity index (χ0) is 30.3. The lowest BCUT2D eigenvalue weighted by Gasteiger charge is -2.57. The quantitative estimate of drug-likeness (QED) is 0.255. The molecule has 0 amide bonds. The fourth-order valence-electron chi connectivity index (χ4n) is 11.9. The largest absolute Gasteiger partial charge is 0.393 e. The molecular formula is C38H68O4. The Morgan fingerprint density at radius 3 is 1.24 bits per heavy atom. The minimum atomic E-state index is -0.193. The molecule has 0 aromatic heterocycles. The van der Waals surface area contributed by atoms with Gasteiger partial charge >= 0.3 is 0 Å². The minimum Gasteiger partial charge on any atom is -0.393 e. The van der Waals surface area contributed by atoms with E-state index in [4.69, 9.17) is 0 Å². The maximum atomic E-state index is 11.5. The average Bonchev–Trinajstić information content (AvgIpc) is 2.95. The summed E-state index contributed by atoms with van der Waals surface area (Å²) in [6.45, 7) is 13.8. The highest BCUT2D eigenvalue weighted by molar-refractivity contribution is 5.03. The second kappa shape index (κ2) is 13.7. The fraction of sp³-hybridized carbons (Fsp3) is 1.00.